The molecule has 3 nitrogen and oxygen atoms in total. The van der Waals surface area contributed by atoms with E-state index in [1.165, 1.54) is 60.1 Å². The van der Waals surface area contributed by atoms with Crippen LogP contribution in [0.5, 0.6) is 0 Å². The van der Waals surface area contributed by atoms with E-state index in [0.717, 1.165) is 33.4 Å². The van der Waals surface area contributed by atoms with E-state index in [1.807, 2.05) is 6.07 Å². The van der Waals surface area contributed by atoms with Gasteiger partial charge in [-0.1, -0.05) is 196 Å². The molecule has 1 aliphatic carbocycles. The van der Waals surface area contributed by atoms with Crippen LogP contribution in [0.2, 0.25) is 0 Å². The number of nitrogens with zero attached hydrogens (tertiary/aromatic N) is 3. The molecule has 0 saturated heterocycles. The molecule has 0 radical (unpaired) electrons. The third kappa shape index (κ3) is 5.31. The first-order valence-corrected chi connectivity index (χ1v) is 19.6. The molecule has 0 saturated carbocycles. The van der Waals surface area contributed by atoms with Crippen molar-refractivity contribution in [3.8, 4) is 67.5 Å². The molecule has 268 valence electrons. The van der Waals surface area contributed by atoms with Gasteiger partial charge in [0.05, 0.1) is 0 Å². The number of aromatic nitrogens is 3. The standard InChI is InChI=1S/C54H37N3/c1-54(2)47-25-13-12-23-44(47)50-45(24-14-26-48(50)54)53-56-51(55-52(57-53)43-22-11-10-19-39(43)34-15-4-3-5-16-34)37-29-27-36(28-30-37)49-41-21-9-7-18-38(41)33-46-40-20-8-6-17-35(40)31-32-42(46)49/h3-33H,1-2H3. The molecule has 0 spiro atoms. The van der Waals surface area contributed by atoms with Crippen molar-refractivity contribution in [3.63, 3.8) is 0 Å². The summed E-state index contributed by atoms with van der Waals surface area (Å²) < 4.78 is 0. The minimum absolute atomic E-state index is 0.144. The summed E-state index contributed by atoms with van der Waals surface area (Å²) in [7, 11) is 0. The van der Waals surface area contributed by atoms with Crippen molar-refractivity contribution < 1.29 is 0 Å². The highest BCUT2D eigenvalue weighted by Gasteiger charge is 2.37. The Balaban J connectivity index is 1.12. The van der Waals surface area contributed by atoms with Gasteiger partial charge in [-0.05, 0) is 82.9 Å². The van der Waals surface area contributed by atoms with Crippen molar-refractivity contribution in [1.82, 2.24) is 15.0 Å². The quantitative estimate of drug-likeness (QED) is 0.131. The first-order chi connectivity index (χ1) is 28.0. The molecule has 0 fully saturated rings. The summed E-state index contributed by atoms with van der Waals surface area (Å²) in [6, 6.07) is 67.3. The summed E-state index contributed by atoms with van der Waals surface area (Å²) >= 11 is 0. The van der Waals surface area contributed by atoms with Gasteiger partial charge in [0.15, 0.2) is 17.5 Å². The van der Waals surface area contributed by atoms with E-state index in [0.29, 0.717) is 17.5 Å². The number of rotatable bonds is 5. The van der Waals surface area contributed by atoms with Crippen LogP contribution in [-0.4, -0.2) is 15.0 Å². The first-order valence-electron chi connectivity index (χ1n) is 19.6. The van der Waals surface area contributed by atoms with Crippen LogP contribution in [0.3, 0.4) is 0 Å². The fourth-order valence-corrected chi connectivity index (χ4v) is 9.15. The van der Waals surface area contributed by atoms with E-state index in [-0.39, 0.29) is 5.41 Å². The van der Waals surface area contributed by atoms with E-state index in [4.69, 9.17) is 15.0 Å². The molecule has 10 aromatic rings. The highest BCUT2D eigenvalue weighted by atomic mass is 15.0. The molecular formula is C54H37N3. The lowest BCUT2D eigenvalue weighted by Gasteiger charge is -2.21. The molecule has 11 rings (SSSR count). The fourth-order valence-electron chi connectivity index (χ4n) is 9.15. The zero-order valence-corrected chi connectivity index (χ0v) is 31.7. The number of hydrogen-bond donors (Lipinski definition) is 0. The fraction of sp³-hybridized carbons (Fsp3) is 0.0556. The van der Waals surface area contributed by atoms with Gasteiger partial charge in [-0.3, -0.25) is 0 Å². The van der Waals surface area contributed by atoms with E-state index in [1.54, 1.807) is 0 Å². The second-order valence-corrected chi connectivity index (χ2v) is 15.5. The Kier molecular flexibility index (Phi) is 7.52. The zero-order chi connectivity index (χ0) is 38.1. The second-order valence-electron chi connectivity index (χ2n) is 15.5. The Morgan fingerprint density at radius 3 is 1.70 bits per heavy atom. The predicted molar refractivity (Wildman–Crippen MR) is 237 cm³/mol. The minimum atomic E-state index is -0.144. The van der Waals surface area contributed by atoms with Crippen molar-refractivity contribution in [1.29, 1.82) is 0 Å². The SMILES string of the molecule is CC1(C)c2ccccc2-c2c(-c3nc(-c4ccc(-c5c6ccccc6cc6c5ccc5ccccc56)cc4)nc(-c4ccccc4-c4ccccc4)n3)cccc21. The van der Waals surface area contributed by atoms with Crippen molar-refractivity contribution in [3.05, 3.63) is 199 Å². The monoisotopic (exact) mass is 727 g/mol. The summed E-state index contributed by atoms with van der Waals surface area (Å²) in [6.07, 6.45) is 0. The minimum Gasteiger partial charge on any atom is -0.208 e. The molecular weight excluding hydrogens is 691 g/mol. The van der Waals surface area contributed by atoms with Gasteiger partial charge in [0, 0.05) is 22.1 Å². The lowest BCUT2D eigenvalue weighted by atomic mass is 9.82. The molecule has 0 bridgehead atoms. The average molecular weight is 728 g/mol. The van der Waals surface area contributed by atoms with Gasteiger partial charge in [-0.15, -0.1) is 0 Å². The number of hydrogen-bond acceptors (Lipinski definition) is 3. The van der Waals surface area contributed by atoms with E-state index in [2.05, 4.69) is 196 Å². The molecule has 0 aliphatic heterocycles. The molecule has 0 N–H and O–H groups in total. The summed E-state index contributed by atoms with van der Waals surface area (Å²) in [5.74, 6) is 1.95. The summed E-state index contributed by atoms with van der Waals surface area (Å²) in [4.78, 5) is 15.9. The Hall–Kier alpha value is -7.23. The number of fused-ring (bicyclic) bond motifs is 7. The largest absolute Gasteiger partial charge is 0.208 e. The van der Waals surface area contributed by atoms with E-state index >= 15 is 0 Å². The normalized spacial score (nSPS) is 12.9. The van der Waals surface area contributed by atoms with E-state index < -0.39 is 0 Å². The van der Waals surface area contributed by atoms with Crippen molar-refractivity contribution in [2.24, 2.45) is 0 Å². The highest BCUT2D eigenvalue weighted by molar-refractivity contribution is 6.20. The Morgan fingerprint density at radius 1 is 0.316 bits per heavy atom. The topological polar surface area (TPSA) is 38.7 Å². The van der Waals surface area contributed by atoms with Crippen LogP contribution in [0.15, 0.2) is 188 Å². The van der Waals surface area contributed by atoms with Crippen LogP contribution in [0, 0.1) is 0 Å². The Bertz CT molecular complexity index is 3200. The number of benzene rings is 9. The van der Waals surface area contributed by atoms with E-state index in [9.17, 15) is 0 Å². The maximum absolute atomic E-state index is 5.32. The van der Waals surface area contributed by atoms with Gasteiger partial charge in [-0.2, -0.15) is 0 Å². The van der Waals surface area contributed by atoms with Crippen LogP contribution in [-0.2, 0) is 5.41 Å². The van der Waals surface area contributed by atoms with Gasteiger partial charge in [0.25, 0.3) is 0 Å². The van der Waals surface area contributed by atoms with Gasteiger partial charge in [0.2, 0.25) is 0 Å². The third-order valence-corrected chi connectivity index (χ3v) is 11.9. The summed E-state index contributed by atoms with van der Waals surface area (Å²) in [6.45, 7) is 4.62. The average Bonchev–Trinajstić information content (AvgIpc) is 3.51. The molecule has 0 unspecified atom stereocenters. The molecule has 0 amide bonds. The maximum atomic E-state index is 5.32. The van der Waals surface area contributed by atoms with Crippen LogP contribution in [0.25, 0.3) is 99.9 Å². The molecule has 57 heavy (non-hydrogen) atoms. The van der Waals surface area contributed by atoms with Crippen LogP contribution >= 0.6 is 0 Å². The molecule has 1 aromatic heterocycles. The lowest BCUT2D eigenvalue weighted by molar-refractivity contribution is 0.660. The van der Waals surface area contributed by atoms with Crippen LogP contribution in [0.4, 0.5) is 0 Å². The van der Waals surface area contributed by atoms with Gasteiger partial charge < -0.3 is 0 Å². The maximum Gasteiger partial charge on any atom is 0.164 e. The smallest absolute Gasteiger partial charge is 0.164 e. The van der Waals surface area contributed by atoms with Crippen LogP contribution in [0.1, 0.15) is 25.0 Å². The van der Waals surface area contributed by atoms with Crippen molar-refractivity contribution in [2.45, 2.75) is 19.3 Å². The molecule has 1 aliphatic rings. The van der Waals surface area contributed by atoms with Crippen molar-refractivity contribution in [2.75, 3.05) is 0 Å². The first kappa shape index (κ1) is 33.1. The highest BCUT2D eigenvalue weighted by Crippen LogP contribution is 2.52. The molecule has 0 atom stereocenters. The van der Waals surface area contributed by atoms with Gasteiger partial charge >= 0.3 is 0 Å². The summed E-state index contributed by atoms with van der Waals surface area (Å²) in [5.41, 5.74) is 12.4. The third-order valence-electron chi connectivity index (χ3n) is 11.9. The molecule has 9 aromatic carbocycles. The van der Waals surface area contributed by atoms with Gasteiger partial charge in [-0.25, -0.2) is 15.0 Å². The summed E-state index contributed by atoms with van der Waals surface area (Å²) in [5, 5.41) is 7.46. The molecule has 1 heterocycles. The van der Waals surface area contributed by atoms with Gasteiger partial charge in [0.1, 0.15) is 0 Å². The Labute approximate surface area is 332 Å². The second kappa shape index (κ2) is 12.9. The zero-order valence-electron chi connectivity index (χ0n) is 31.7. The van der Waals surface area contributed by atoms with Crippen molar-refractivity contribution >= 4 is 32.3 Å². The predicted octanol–water partition coefficient (Wildman–Crippen LogP) is 14.0. The lowest BCUT2D eigenvalue weighted by Crippen LogP contribution is -2.14. The van der Waals surface area contributed by atoms with Crippen LogP contribution < -0.4 is 0 Å². The Morgan fingerprint density at radius 2 is 0.895 bits per heavy atom. The molecule has 3 heteroatoms.